The van der Waals surface area contributed by atoms with Crippen molar-refractivity contribution in [2.24, 2.45) is 0 Å². The molecule has 0 bridgehead atoms. The third kappa shape index (κ3) is 5.89. The van der Waals surface area contributed by atoms with Gasteiger partial charge in [0.25, 0.3) is 5.91 Å². The van der Waals surface area contributed by atoms with Crippen molar-refractivity contribution in [3.63, 3.8) is 0 Å². The Balaban J connectivity index is 2.51. The van der Waals surface area contributed by atoms with E-state index in [4.69, 9.17) is 16.3 Å². The molecule has 2 N–H and O–H groups in total. The fraction of sp³-hybridized carbons (Fsp3) is 0.538. The van der Waals surface area contributed by atoms with Crippen LogP contribution in [0.2, 0.25) is 5.15 Å². The number of anilines is 1. The predicted molar refractivity (Wildman–Crippen MR) is 76.9 cm³/mol. The van der Waals surface area contributed by atoms with E-state index in [1.54, 1.807) is 12.1 Å². The van der Waals surface area contributed by atoms with Crippen molar-refractivity contribution >= 4 is 23.3 Å². The van der Waals surface area contributed by atoms with E-state index < -0.39 is 0 Å². The number of aromatic nitrogens is 1. The van der Waals surface area contributed by atoms with Crippen LogP contribution < -0.4 is 10.6 Å². The Morgan fingerprint density at radius 2 is 2.21 bits per heavy atom. The maximum atomic E-state index is 11.9. The van der Waals surface area contributed by atoms with Crippen molar-refractivity contribution in [3.8, 4) is 0 Å². The lowest BCUT2D eigenvalue weighted by molar-refractivity contribution is 0.0944. The molecule has 1 rings (SSSR count). The maximum absolute atomic E-state index is 11.9. The largest absolute Gasteiger partial charge is 0.382 e. The molecular weight excluding hydrogens is 266 g/mol. The molecule has 0 radical (unpaired) electrons. The zero-order chi connectivity index (χ0) is 14.1. The summed E-state index contributed by atoms with van der Waals surface area (Å²) >= 11 is 5.88. The lowest BCUT2D eigenvalue weighted by Gasteiger charge is -2.08. The van der Waals surface area contributed by atoms with Gasteiger partial charge >= 0.3 is 0 Å². The molecule has 0 fully saturated rings. The Hall–Kier alpha value is -1.33. The van der Waals surface area contributed by atoms with Gasteiger partial charge in [-0.15, -0.1) is 0 Å². The number of rotatable bonds is 8. The number of hydrogen-bond donors (Lipinski definition) is 2. The van der Waals surface area contributed by atoms with Crippen LogP contribution in [-0.2, 0) is 4.74 Å². The molecule has 6 heteroatoms. The average molecular weight is 286 g/mol. The predicted octanol–water partition coefficient (Wildman–Crippen LogP) is 2.32. The van der Waals surface area contributed by atoms with E-state index in [1.165, 1.54) is 0 Å². The van der Waals surface area contributed by atoms with Gasteiger partial charge in [-0.1, -0.05) is 11.6 Å². The SMILES string of the molecule is CCNc1cc(C(=O)NCCCOCC)cc(Cl)n1. The molecule has 1 heterocycles. The minimum Gasteiger partial charge on any atom is -0.382 e. The number of carbonyl (C=O) groups excluding carboxylic acids is 1. The van der Waals surface area contributed by atoms with Crippen molar-refractivity contribution in [2.75, 3.05) is 31.6 Å². The molecule has 106 valence electrons. The summed E-state index contributed by atoms with van der Waals surface area (Å²) in [6.45, 7) is 6.55. The topological polar surface area (TPSA) is 63.2 Å². The van der Waals surface area contributed by atoms with Crippen molar-refractivity contribution in [3.05, 3.63) is 22.8 Å². The van der Waals surface area contributed by atoms with Crippen LogP contribution in [0.15, 0.2) is 12.1 Å². The molecule has 5 nitrogen and oxygen atoms in total. The molecular formula is C13H20ClN3O2. The van der Waals surface area contributed by atoms with Crippen molar-refractivity contribution < 1.29 is 9.53 Å². The van der Waals surface area contributed by atoms with Crippen LogP contribution in [0.25, 0.3) is 0 Å². The molecule has 0 aliphatic carbocycles. The van der Waals surface area contributed by atoms with E-state index in [9.17, 15) is 4.79 Å². The number of amides is 1. The molecule has 19 heavy (non-hydrogen) atoms. The first-order valence-corrected chi connectivity index (χ1v) is 6.82. The summed E-state index contributed by atoms with van der Waals surface area (Å²) in [7, 11) is 0. The number of nitrogens with zero attached hydrogens (tertiary/aromatic N) is 1. The first-order chi connectivity index (χ1) is 9.17. The van der Waals surface area contributed by atoms with Gasteiger partial charge in [-0.2, -0.15) is 0 Å². The second kappa shape index (κ2) is 8.72. The quantitative estimate of drug-likeness (QED) is 0.568. The summed E-state index contributed by atoms with van der Waals surface area (Å²) < 4.78 is 5.20. The maximum Gasteiger partial charge on any atom is 0.251 e. The summed E-state index contributed by atoms with van der Waals surface area (Å²) in [5.41, 5.74) is 0.507. The van der Waals surface area contributed by atoms with Gasteiger partial charge in [0.1, 0.15) is 11.0 Å². The van der Waals surface area contributed by atoms with E-state index in [1.807, 2.05) is 13.8 Å². The molecule has 0 spiro atoms. The molecule has 0 saturated carbocycles. The van der Waals surface area contributed by atoms with Crippen LogP contribution in [0.3, 0.4) is 0 Å². The van der Waals surface area contributed by atoms with Crippen LogP contribution in [0.1, 0.15) is 30.6 Å². The summed E-state index contributed by atoms with van der Waals surface area (Å²) in [5.74, 6) is 0.453. The fourth-order valence-electron chi connectivity index (χ4n) is 1.52. The van der Waals surface area contributed by atoms with Gasteiger partial charge in [0.2, 0.25) is 0 Å². The van der Waals surface area contributed by atoms with E-state index in [2.05, 4.69) is 15.6 Å². The molecule has 0 aliphatic heterocycles. The summed E-state index contributed by atoms with van der Waals surface area (Å²) in [4.78, 5) is 16.0. The van der Waals surface area contributed by atoms with Crippen molar-refractivity contribution in [1.29, 1.82) is 0 Å². The smallest absolute Gasteiger partial charge is 0.251 e. The monoisotopic (exact) mass is 285 g/mol. The van der Waals surface area contributed by atoms with Gasteiger partial charge in [0.05, 0.1) is 0 Å². The highest BCUT2D eigenvalue weighted by atomic mass is 35.5. The Labute approximate surface area is 118 Å². The Kier molecular flexibility index (Phi) is 7.22. The van der Waals surface area contributed by atoms with Crippen molar-refractivity contribution in [1.82, 2.24) is 10.3 Å². The number of carbonyl (C=O) groups is 1. The van der Waals surface area contributed by atoms with E-state index in [0.29, 0.717) is 36.3 Å². The minimum absolute atomic E-state index is 0.153. The molecule has 0 saturated heterocycles. The Morgan fingerprint density at radius 1 is 1.42 bits per heavy atom. The summed E-state index contributed by atoms with van der Waals surface area (Å²) in [6.07, 6.45) is 0.790. The standard InChI is InChI=1S/C13H20ClN3O2/c1-3-15-12-9-10(8-11(14)17-12)13(18)16-6-5-7-19-4-2/h8-9H,3-7H2,1-2H3,(H,15,17)(H,16,18). The Bertz CT molecular complexity index is 413. The number of halogens is 1. The highest BCUT2D eigenvalue weighted by Crippen LogP contribution is 2.14. The van der Waals surface area contributed by atoms with Crippen LogP contribution >= 0.6 is 11.6 Å². The van der Waals surface area contributed by atoms with E-state index in [-0.39, 0.29) is 5.91 Å². The number of pyridine rings is 1. The molecule has 0 aromatic carbocycles. The van der Waals surface area contributed by atoms with Gasteiger partial charge in [0, 0.05) is 31.9 Å². The first kappa shape index (κ1) is 15.7. The average Bonchev–Trinajstić information content (AvgIpc) is 2.38. The van der Waals surface area contributed by atoms with Crippen LogP contribution in [0.5, 0.6) is 0 Å². The highest BCUT2D eigenvalue weighted by Gasteiger charge is 2.08. The molecule has 0 aliphatic rings. The van der Waals surface area contributed by atoms with Gasteiger partial charge in [-0.05, 0) is 32.4 Å². The molecule has 0 unspecified atom stereocenters. The second-order valence-electron chi connectivity index (χ2n) is 3.90. The lowest BCUT2D eigenvalue weighted by atomic mass is 10.2. The van der Waals surface area contributed by atoms with Crippen molar-refractivity contribution in [2.45, 2.75) is 20.3 Å². The minimum atomic E-state index is -0.153. The zero-order valence-electron chi connectivity index (χ0n) is 11.3. The summed E-state index contributed by atoms with van der Waals surface area (Å²) in [6, 6.07) is 3.24. The van der Waals surface area contributed by atoms with Crippen LogP contribution in [0, 0.1) is 0 Å². The van der Waals surface area contributed by atoms with Crippen LogP contribution in [-0.4, -0.2) is 37.2 Å². The van der Waals surface area contributed by atoms with E-state index in [0.717, 1.165) is 13.0 Å². The van der Waals surface area contributed by atoms with Gasteiger partial charge < -0.3 is 15.4 Å². The van der Waals surface area contributed by atoms with Gasteiger partial charge in [-0.25, -0.2) is 4.98 Å². The normalized spacial score (nSPS) is 10.3. The third-order valence-corrected chi connectivity index (χ3v) is 2.56. The zero-order valence-corrected chi connectivity index (χ0v) is 12.1. The Morgan fingerprint density at radius 3 is 2.89 bits per heavy atom. The van der Waals surface area contributed by atoms with E-state index >= 15 is 0 Å². The summed E-state index contributed by atoms with van der Waals surface area (Å²) in [5, 5.41) is 6.16. The fourth-order valence-corrected chi connectivity index (χ4v) is 1.73. The second-order valence-corrected chi connectivity index (χ2v) is 4.29. The molecule has 1 aromatic rings. The third-order valence-electron chi connectivity index (χ3n) is 2.37. The number of ether oxygens (including phenoxy) is 1. The number of hydrogen-bond acceptors (Lipinski definition) is 4. The van der Waals surface area contributed by atoms with Crippen LogP contribution in [0.4, 0.5) is 5.82 Å². The highest BCUT2D eigenvalue weighted by molar-refractivity contribution is 6.29. The van der Waals surface area contributed by atoms with Gasteiger partial charge in [0.15, 0.2) is 0 Å². The molecule has 1 amide bonds. The first-order valence-electron chi connectivity index (χ1n) is 6.44. The van der Waals surface area contributed by atoms with Gasteiger partial charge in [-0.3, -0.25) is 4.79 Å². The lowest BCUT2D eigenvalue weighted by Crippen LogP contribution is -2.25. The molecule has 0 atom stereocenters. The molecule has 1 aromatic heterocycles. The number of nitrogens with one attached hydrogen (secondary N) is 2.